The van der Waals surface area contributed by atoms with Crippen LogP contribution in [0.1, 0.15) is 43.0 Å². The maximum absolute atomic E-state index is 12.4. The molecule has 1 saturated heterocycles. The summed E-state index contributed by atoms with van der Waals surface area (Å²) in [4.78, 5) is 14.4. The van der Waals surface area contributed by atoms with Gasteiger partial charge < -0.3 is 20.3 Å². The molecular weight excluding hydrogens is 322 g/mol. The normalized spacial score (nSPS) is 14.3. The summed E-state index contributed by atoms with van der Waals surface area (Å²) < 4.78 is 5.28. The zero-order valence-corrected chi connectivity index (χ0v) is 15.2. The van der Waals surface area contributed by atoms with Gasteiger partial charge in [-0.25, -0.2) is 0 Å². The van der Waals surface area contributed by atoms with Crippen molar-refractivity contribution in [1.82, 2.24) is 10.2 Å². The number of rotatable bonds is 7. The first kappa shape index (κ1) is 18.7. The maximum atomic E-state index is 12.4. The van der Waals surface area contributed by atoms with E-state index in [1.165, 1.54) is 6.42 Å². The van der Waals surface area contributed by atoms with Crippen molar-refractivity contribution in [3.63, 3.8) is 0 Å². The van der Waals surface area contributed by atoms with Crippen LogP contribution in [-0.2, 0) is 4.74 Å². The summed E-state index contributed by atoms with van der Waals surface area (Å²) in [6, 6.07) is 7.50. The molecule has 0 bridgehead atoms. The van der Waals surface area contributed by atoms with Crippen LogP contribution in [-0.4, -0.2) is 48.8 Å². The van der Waals surface area contributed by atoms with Crippen molar-refractivity contribution >= 4 is 28.9 Å². The van der Waals surface area contributed by atoms with Crippen molar-refractivity contribution < 1.29 is 9.53 Å². The van der Waals surface area contributed by atoms with Crippen molar-refractivity contribution in [1.29, 1.82) is 0 Å². The van der Waals surface area contributed by atoms with Crippen LogP contribution in [0.3, 0.4) is 0 Å². The van der Waals surface area contributed by atoms with E-state index in [1.54, 1.807) is 0 Å². The van der Waals surface area contributed by atoms with Crippen LogP contribution in [0.2, 0.25) is 0 Å². The van der Waals surface area contributed by atoms with E-state index in [1.807, 2.05) is 36.1 Å². The molecule has 1 fully saturated rings. The van der Waals surface area contributed by atoms with E-state index in [0.29, 0.717) is 5.11 Å². The van der Waals surface area contributed by atoms with E-state index in [4.69, 9.17) is 17.0 Å². The molecule has 1 aromatic rings. The third-order valence-electron chi connectivity index (χ3n) is 3.99. The van der Waals surface area contributed by atoms with Gasteiger partial charge in [0.2, 0.25) is 0 Å². The molecule has 1 amide bonds. The summed E-state index contributed by atoms with van der Waals surface area (Å²) in [5.41, 5.74) is 1.62. The Balaban J connectivity index is 1.76. The molecule has 6 heteroatoms. The molecule has 0 atom stereocenters. The highest BCUT2D eigenvalue weighted by atomic mass is 32.1. The van der Waals surface area contributed by atoms with E-state index in [2.05, 4.69) is 10.6 Å². The Morgan fingerprint density at radius 1 is 1.21 bits per heavy atom. The SMILES string of the molecule is CCOCCCNC(=S)Nc1ccc(C(=O)N2CCCCC2)cc1. The van der Waals surface area contributed by atoms with E-state index >= 15 is 0 Å². The lowest BCUT2D eigenvalue weighted by Gasteiger charge is -2.26. The zero-order valence-electron chi connectivity index (χ0n) is 14.3. The van der Waals surface area contributed by atoms with Gasteiger partial charge in [0.05, 0.1) is 0 Å². The minimum absolute atomic E-state index is 0.123. The number of amides is 1. The number of ether oxygens (including phenoxy) is 1. The molecule has 1 aliphatic heterocycles. The summed E-state index contributed by atoms with van der Waals surface area (Å²) >= 11 is 5.26. The van der Waals surface area contributed by atoms with Crippen LogP contribution in [0, 0.1) is 0 Å². The number of hydrogen-bond donors (Lipinski definition) is 2. The summed E-state index contributed by atoms with van der Waals surface area (Å²) in [6.07, 6.45) is 4.35. The second-order valence-electron chi connectivity index (χ2n) is 5.86. The first-order valence-corrected chi connectivity index (χ1v) is 9.13. The number of thiocarbonyl (C=S) groups is 1. The molecule has 0 spiro atoms. The van der Waals surface area contributed by atoms with Gasteiger partial charge in [0.25, 0.3) is 5.91 Å². The molecule has 2 N–H and O–H groups in total. The lowest BCUT2D eigenvalue weighted by atomic mass is 10.1. The summed E-state index contributed by atoms with van der Waals surface area (Å²) in [6.45, 7) is 5.98. The Kier molecular flexibility index (Phi) is 7.98. The third kappa shape index (κ3) is 6.09. The molecule has 2 rings (SSSR count). The predicted octanol–water partition coefficient (Wildman–Crippen LogP) is 3.03. The Morgan fingerprint density at radius 2 is 1.92 bits per heavy atom. The minimum atomic E-state index is 0.123. The number of piperidine rings is 1. The smallest absolute Gasteiger partial charge is 0.253 e. The Hall–Kier alpha value is -1.66. The van der Waals surface area contributed by atoms with Crippen molar-refractivity contribution in [2.75, 3.05) is 38.2 Å². The first-order chi connectivity index (χ1) is 11.7. The standard InChI is InChI=1S/C18H27N3O2S/c1-2-23-14-6-11-19-18(24)20-16-9-7-15(8-10-16)17(22)21-12-4-3-5-13-21/h7-10H,2-6,11-14H2,1H3,(H2,19,20,24). The number of hydrogen-bond acceptors (Lipinski definition) is 3. The fourth-order valence-corrected chi connectivity index (χ4v) is 2.89. The van der Waals surface area contributed by atoms with Crippen LogP contribution < -0.4 is 10.6 Å². The van der Waals surface area contributed by atoms with Crippen molar-refractivity contribution in [3.05, 3.63) is 29.8 Å². The van der Waals surface area contributed by atoms with E-state index in [9.17, 15) is 4.79 Å². The third-order valence-corrected chi connectivity index (χ3v) is 4.23. The van der Waals surface area contributed by atoms with Crippen LogP contribution in [0.15, 0.2) is 24.3 Å². The number of nitrogens with zero attached hydrogens (tertiary/aromatic N) is 1. The fraction of sp³-hybridized carbons (Fsp3) is 0.556. The quantitative estimate of drug-likeness (QED) is 0.585. The lowest BCUT2D eigenvalue weighted by molar-refractivity contribution is 0.0724. The molecule has 0 unspecified atom stereocenters. The Bertz CT molecular complexity index is 528. The predicted molar refractivity (Wildman–Crippen MR) is 102 cm³/mol. The average molecular weight is 350 g/mol. The van der Waals surface area contributed by atoms with Gasteiger partial charge in [-0.1, -0.05) is 0 Å². The second-order valence-corrected chi connectivity index (χ2v) is 6.27. The number of nitrogens with one attached hydrogen (secondary N) is 2. The van der Waals surface area contributed by atoms with Crippen molar-refractivity contribution in [2.24, 2.45) is 0 Å². The van der Waals surface area contributed by atoms with Gasteiger partial charge in [0, 0.05) is 44.1 Å². The van der Waals surface area contributed by atoms with E-state index in [-0.39, 0.29) is 5.91 Å². The molecule has 1 heterocycles. The minimum Gasteiger partial charge on any atom is -0.382 e. The maximum Gasteiger partial charge on any atom is 0.253 e. The van der Waals surface area contributed by atoms with Gasteiger partial charge in [-0.05, 0) is 69.1 Å². The highest BCUT2D eigenvalue weighted by molar-refractivity contribution is 7.80. The fourth-order valence-electron chi connectivity index (χ4n) is 2.67. The zero-order chi connectivity index (χ0) is 17.2. The van der Waals surface area contributed by atoms with E-state index < -0.39 is 0 Å². The van der Waals surface area contributed by atoms with Gasteiger partial charge in [0.1, 0.15) is 0 Å². The van der Waals surface area contributed by atoms with Crippen LogP contribution >= 0.6 is 12.2 Å². The molecule has 0 saturated carbocycles. The highest BCUT2D eigenvalue weighted by Gasteiger charge is 2.17. The summed E-state index contributed by atoms with van der Waals surface area (Å²) in [5, 5.41) is 6.86. The summed E-state index contributed by atoms with van der Waals surface area (Å²) in [5.74, 6) is 0.123. The number of benzene rings is 1. The lowest BCUT2D eigenvalue weighted by Crippen LogP contribution is -2.35. The van der Waals surface area contributed by atoms with Crippen molar-refractivity contribution in [3.8, 4) is 0 Å². The van der Waals surface area contributed by atoms with Crippen LogP contribution in [0.5, 0.6) is 0 Å². The molecule has 0 aromatic heterocycles. The summed E-state index contributed by atoms with van der Waals surface area (Å²) in [7, 11) is 0. The number of carbonyl (C=O) groups excluding carboxylic acids is 1. The van der Waals surface area contributed by atoms with Crippen LogP contribution in [0.25, 0.3) is 0 Å². The number of anilines is 1. The van der Waals surface area contributed by atoms with E-state index in [0.717, 1.165) is 63.4 Å². The average Bonchev–Trinajstić information content (AvgIpc) is 2.62. The first-order valence-electron chi connectivity index (χ1n) is 8.72. The largest absolute Gasteiger partial charge is 0.382 e. The van der Waals surface area contributed by atoms with Gasteiger partial charge in [0.15, 0.2) is 5.11 Å². The molecule has 0 radical (unpaired) electrons. The Morgan fingerprint density at radius 3 is 2.58 bits per heavy atom. The topological polar surface area (TPSA) is 53.6 Å². The highest BCUT2D eigenvalue weighted by Crippen LogP contribution is 2.15. The van der Waals surface area contributed by atoms with Gasteiger partial charge in [-0.3, -0.25) is 4.79 Å². The van der Waals surface area contributed by atoms with Gasteiger partial charge in [-0.15, -0.1) is 0 Å². The Labute approximate surface area is 149 Å². The molecule has 5 nitrogen and oxygen atoms in total. The monoisotopic (exact) mass is 349 g/mol. The van der Waals surface area contributed by atoms with Crippen LogP contribution in [0.4, 0.5) is 5.69 Å². The molecule has 1 aliphatic rings. The number of carbonyl (C=O) groups is 1. The van der Waals surface area contributed by atoms with Gasteiger partial charge >= 0.3 is 0 Å². The second kappa shape index (κ2) is 10.3. The molecular formula is C18H27N3O2S. The molecule has 1 aromatic carbocycles. The van der Waals surface area contributed by atoms with Gasteiger partial charge in [-0.2, -0.15) is 0 Å². The molecule has 132 valence electrons. The van der Waals surface area contributed by atoms with Crippen molar-refractivity contribution in [2.45, 2.75) is 32.6 Å². The number of likely N-dealkylation sites (tertiary alicyclic amines) is 1. The molecule has 0 aliphatic carbocycles. The molecule has 24 heavy (non-hydrogen) atoms.